The summed E-state index contributed by atoms with van der Waals surface area (Å²) >= 11 is 0. The molecule has 0 spiro atoms. The fourth-order valence-electron chi connectivity index (χ4n) is 1.85. The summed E-state index contributed by atoms with van der Waals surface area (Å²) in [6, 6.07) is 0. The minimum absolute atomic E-state index is 0.0577. The number of carbonyl (C=O) groups is 1. The molecule has 1 saturated heterocycles. The van der Waals surface area contributed by atoms with E-state index in [2.05, 4.69) is 0 Å². The molecule has 1 N–H and O–H groups in total. The summed E-state index contributed by atoms with van der Waals surface area (Å²) in [7, 11) is 0. The number of ether oxygens (including phenoxy) is 1. The summed E-state index contributed by atoms with van der Waals surface area (Å²) in [4.78, 5) is 12.9. The van der Waals surface area contributed by atoms with Crippen LogP contribution in [0.25, 0.3) is 0 Å². The van der Waals surface area contributed by atoms with Gasteiger partial charge < -0.3 is 14.7 Å². The number of halogens is 2. The van der Waals surface area contributed by atoms with E-state index in [1.165, 1.54) is 4.90 Å². The Morgan fingerprint density at radius 2 is 2.06 bits per heavy atom. The van der Waals surface area contributed by atoms with Crippen LogP contribution >= 0.6 is 0 Å². The van der Waals surface area contributed by atoms with Gasteiger partial charge in [0.05, 0.1) is 0 Å². The first-order valence-corrected chi connectivity index (χ1v) is 5.61. The maximum absolute atomic E-state index is 12.7. The number of aliphatic hydroxyl groups is 1. The molecule has 100 valence electrons. The van der Waals surface area contributed by atoms with Crippen molar-refractivity contribution in [1.82, 2.24) is 4.90 Å². The Labute approximate surface area is 99.5 Å². The lowest BCUT2D eigenvalue weighted by Crippen LogP contribution is -2.35. The Kier molecular flexibility index (Phi) is 4.30. The lowest BCUT2D eigenvalue weighted by Gasteiger charge is -2.24. The van der Waals surface area contributed by atoms with Crippen molar-refractivity contribution >= 4 is 6.09 Å². The van der Waals surface area contributed by atoms with Crippen molar-refractivity contribution in [2.24, 2.45) is 11.8 Å². The number of likely N-dealkylation sites (tertiary alicyclic amines) is 1. The smallest absolute Gasteiger partial charge is 0.410 e. The number of hydrogen-bond donors (Lipinski definition) is 1. The topological polar surface area (TPSA) is 49.8 Å². The van der Waals surface area contributed by atoms with Crippen LogP contribution in [0.15, 0.2) is 0 Å². The van der Waals surface area contributed by atoms with Crippen molar-refractivity contribution in [3.8, 4) is 0 Å². The monoisotopic (exact) mass is 251 g/mol. The predicted octanol–water partition coefficient (Wildman–Crippen LogP) is 1.73. The van der Waals surface area contributed by atoms with Gasteiger partial charge in [0.2, 0.25) is 6.43 Å². The fraction of sp³-hybridized carbons (Fsp3) is 0.909. The maximum atomic E-state index is 12.7. The molecule has 1 fully saturated rings. The van der Waals surface area contributed by atoms with Crippen LogP contribution in [0.4, 0.5) is 13.6 Å². The van der Waals surface area contributed by atoms with E-state index in [0.717, 1.165) is 0 Å². The Balaban J connectivity index is 2.61. The van der Waals surface area contributed by atoms with Crippen molar-refractivity contribution in [3.05, 3.63) is 0 Å². The zero-order chi connectivity index (χ0) is 13.2. The fourth-order valence-corrected chi connectivity index (χ4v) is 1.85. The van der Waals surface area contributed by atoms with Gasteiger partial charge in [0.1, 0.15) is 5.60 Å². The number of rotatable bonds is 2. The average molecular weight is 251 g/mol. The lowest BCUT2D eigenvalue weighted by atomic mass is 9.98. The molecular formula is C11H19F2NO3. The average Bonchev–Trinajstić information content (AvgIpc) is 2.58. The summed E-state index contributed by atoms with van der Waals surface area (Å²) in [6.45, 7) is 4.88. The van der Waals surface area contributed by atoms with Gasteiger partial charge in [-0.1, -0.05) is 0 Å². The van der Waals surface area contributed by atoms with Gasteiger partial charge in [-0.3, -0.25) is 0 Å². The molecule has 0 unspecified atom stereocenters. The second-order valence-electron chi connectivity index (χ2n) is 5.33. The van der Waals surface area contributed by atoms with Crippen LogP contribution in [0, 0.1) is 11.8 Å². The van der Waals surface area contributed by atoms with Gasteiger partial charge >= 0.3 is 6.09 Å². The largest absolute Gasteiger partial charge is 0.444 e. The molecule has 0 aliphatic carbocycles. The zero-order valence-corrected chi connectivity index (χ0v) is 10.3. The summed E-state index contributed by atoms with van der Waals surface area (Å²) in [6.07, 6.45) is -3.13. The number of nitrogens with zero attached hydrogens (tertiary/aromatic N) is 1. The number of hydrogen-bond acceptors (Lipinski definition) is 3. The molecule has 0 bridgehead atoms. The number of carbonyl (C=O) groups excluding carboxylic acids is 1. The van der Waals surface area contributed by atoms with Gasteiger partial charge in [0.15, 0.2) is 0 Å². The number of aliphatic hydroxyl groups excluding tert-OH is 1. The second-order valence-corrected chi connectivity index (χ2v) is 5.33. The van der Waals surface area contributed by atoms with E-state index in [1.54, 1.807) is 20.8 Å². The highest BCUT2D eigenvalue weighted by atomic mass is 19.3. The van der Waals surface area contributed by atoms with Crippen LogP contribution in [-0.4, -0.2) is 47.8 Å². The van der Waals surface area contributed by atoms with Crippen molar-refractivity contribution in [2.45, 2.75) is 32.8 Å². The minimum Gasteiger partial charge on any atom is -0.444 e. The van der Waals surface area contributed by atoms with Gasteiger partial charge in [-0.2, -0.15) is 0 Å². The van der Waals surface area contributed by atoms with Gasteiger partial charge in [-0.15, -0.1) is 0 Å². The van der Waals surface area contributed by atoms with Crippen LogP contribution in [0.2, 0.25) is 0 Å². The summed E-state index contributed by atoms with van der Waals surface area (Å²) in [5.74, 6) is -1.53. The first kappa shape index (κ1) is 14.2. The van der Waals surface area contributed by atoms with Gasteiger partial charge in [0.25, 0.3) is 0 Å². The molecule has 1 amide bonds. The molecule has 17 heavy (non-hydrogen) atoms. The molecule has 1 aliphatic rings. The molecule has 0 saturated carbocycles. The lowest BCUT2D eigenvalue weighted by molar-refractivity contribution is 0.0250. The van der Waals surface area contributed by atoms with Crippen LogP contribution in [0.3, 0.4) is 0 Å². The van der Waals surface area contributed by atoms with Gasteiger partial charge in [-0.25, -0.2) is 13.6 Å². The predicted molar refractivity (Wildman–Crippen MR) is 57.9 cm³/mol. The molecular weight excluding hydrogens is 232 g/mol. The van der Waals surface area contributed by atoms with E-state index < -0.39 is 30.0 Å². The first-order chi connectivity index (χ1) is 7.74. The Morgan fingerprint density at radius 1 is 1.47 bits per heavy atom. The standard InChI is InChI=1S/C11H19F2NO3/c1-11(2,3)17-10(16)14-4-7(6-15)8(5-14)9(12)13/h7-9,15H,4-6H2,1-3H3/t7-,8+/m0/s1. The highest BCUT2D eigenvalue weighted by molar-refractivity contribution is 5.68. The van der Waals surface area contributed by atoms with E-state index in [9.17, 15) is 13.6 Å². The van der Waals surface area contributed by atoms with E-state index in [-0.39, 0.29) is 19.7 Å². The maximum Gasteiger partial charge on any atom is 0.410 e. The number of amides is 1. The SMILES string of the molecule is CC(C)(C)OC(=O)N1C[C@@H](CO)[C@H](C(F)F)C1. The third-order valence-corrected chi connectivity index (χ3v) is 2.70. The number of alkyl halides is 2. The van der Waals surface area contributed by atoms with E-state index in [1.807, 2.05) is 0 Å². The van der Waals surface area contributed by atoms with E-state index in [0.29, 0.717) is 0 Å². The van der Waals surface area contributed by atoms with E-state index in [4.69, 9.17) is 9.84 Å². The normalized spacial score (nSPS) is 25.5. The molecule has 0 radical (unpaired) electrons. The molecule has 2 atom stereocenters. The Morgan fingerprint density at radius 3 is 2.41 bits per heavy atom. The van der Waals surface area contributed by atoms with Crippen molar-refractivity contribution in [1.29, 1.82) is 0 Å². The highest BCUT2D eigenvalue weighted by Gasteiger charge is 2.41. The Bertz CT molecular complexity index is 278. The summed E-state index contributed by atoms with van der Waals surface area (Å²) in [5, 5.41) is 9.01. The third kappa shape index (κ3) is 3.80. The van der Waals surface area contributed by atoms with Crippen LogP contribution in [-0.2, 0) is 4.74 Å². The first-order valence-electron chi connectivity index (χ1n) is 5.61. The molecule has 6 heteroatoms. The Hall–Kier alpha value is -0.910. The summed E-state index contributed by atoms with van der Waals surface area (Å²) in [5.41, 5.74) is -0.644. The van der Waals surface area contributed by atoms with Gasteiger partial charge in [0, 0.05) is 31.5 Å². The third-order valence-electron chi connectivity index (χ3n) is 2.70. The van der Waals surface area contributed by atoms with Crippen molar-refractivity contribution < 1.29 is 23.4 Å². The molecule has 1 aliphatic heterocycles. The quantitative estimate of drug-likeness (QED) is 0.813. The van der Waals surface area contributed by atoms with Crippen LogP contribution < -0.4 is 0 Å². The highest BCUT2D eigenvalue weighted by Crippen LogP contribution is 2.29. The molecule has 1 heterocycles. The molecule has 4 nitrogen and oxygen atoms in total. The minimum atomic E-state index is -2.53. The molecule has 0 aromatic carbocycles. The van der Waals surface area contributed by atoms with Gasteiger partial charge in [-0.05, 0) is 20.8 Å². The van der Waals surface area contributed by atoms with E-state index >= 15 is 0 Å². The second kappa shape index (κ2) is 5.16. The zero-order valence-electron chi connectivity index (χ0n) is 10.3. The summed E-state index contributed by atoms with van der Waals surface area (Å²) < 4.78 is 30.4. The van der Waals surface area contributed by atoms with Crippen LogP contribution in [0.5, 0.6) is 0 Å². The van der Waals surface area contributed by atoms with Crippen LogP contribution in [0.1, 0.15) is 20.8 Å². The molecule has 1 rings (SSSR count). The van der Waals surface area contributed by atoms with Crippen molar-refractivity contribution in [3.63, 3.8) is 0 Å². The van der Waals surface area contributed by atoms with Crippen molar-refractivity contribution in [2.75, 3.05) is 19.7 Å². The molecule has 0 aromatic heterocycles. The molecule has 0 aromatic rings.